The maximum absolute atomic E-state index is 14.6. The largest absolute Gasteiger partial charge is 0.435 e. The molecule has 188 valence electrons. The number of ether oxygens (including phenoxy) is 2. The van der Waals surface area contributed by atoms with Crippen LogP contribution in [0, 0.1) is 5.82 Å². The van der Waals surface area contributed by atoms with Crippen molar-refractivity contribution in [3.05, 3.63) is 84.3 Å². The molecule has 6 nitrogen and oxygen atoms in total. The lowest BCUT2D eigenvalue weighted by Crippen LogP contribution is -2.34. The summed E-state index contributed by atoms with van der Waals surface area (Å²) >= 11 is 0. The van der Waals surface area contributed by atoms with Crippen molar-refractivity contribution >= 4 is 0 Å². The van der Waals surface area contributed by atoms with Crippen LogP contribution in [0.4, 0.5) is 4.39 Å². The number of aromatic nitrogens is 2. The molecule has 2 aromatic carbocycles. The molecule has 1 N–H and O–H groups in total. The van der Waals surface area contributed by atoms with E-state index in [-0.39, 0.29) is 11.7 Å². The van der Waals surface area contributed by atoms with Gasteiger partial charge >= 0.3 is 0 Å². The van der Waals surface area contributed by atoms with Crippen LogP contribution in [0.2, 0.25) is 0 Å². The van der Waals surface area contributed by atoms with Gasteiger partial charge in [-0.05, 0) is 43.0 Å². The zero-order chi connectivity index (χ0) is 25.2. The Balaban J connectivity index is 2.06. The molecule has 0 saturated carbocycles. The zero-order valence-electron chi connectivity index (χ0n) is 20.9. The molecule has 1 aromatic heterocycles. The van der Waals surface area contributed by atoms with Gasteiger partial charge < -0.3 is 14.6 Å². The van der Waals surface area contributed by atoms with Gasteiger partial charge in [0.05, 0.1) is 29.7 Å². The summed E-state index contributed by atoms with van der Waals surface area (Å²) in [4.78, 5) is 2.13. The summed E-state index contributed by atoms with van der Waals surface area (Å²) < 4.78 is 27.9. The Morgan fingerprint density at radius 3 is 2.51 bits per heavy atom. The van der Waals surface area contributed by atoms with Gasteiger partial charge in [-0.3, -0.25) is 4.90 Å². The number of para-hydroxylation sites is 2. The third kappa shape index (κ3) is 7.24. The first kappa shape index (κ1) is 26.6. The number of hydrogen-bond acceptors (Lipinski definition) is 5. The lowest BCUT2D eigenvalue weighted by molar-refractivity contribution is 0.0804. The SMILES string of the molecule is C=CCC[C@H](O)CN(CCOC)Cc1c(C(C)C)nn(-c2ccccc2)c1Oc1ccccc1F. The third-order valence-corrected chi connectivity index (χ3v) is 5.72. The van der Waals surface area contributed by atoms with E-state index in [1.807, 2.05) is 36.4 Å². The van der Waals surface area contributed by atoms with Crippen molar-refractivity contribution in [1.29, 1.82) is 0 Å². The van der Waals surface area contributed by atoms with E-state index in [4.69, 9.17) is 14.6 Å². The minimum Gasteiger partial charge on any atom is -0.435 e. The monoisotopic (exact) mass is 481 g/mol. The van der Waals surface area contributed by atoms with Crippen LogP contribution in [-0.2, 0) is 11.3 Å². The van der Waals surface area contributed by atoms with Gasteiger partial charge in [0.25, 0.3) is 0 Å². The van der Waals surface area contributed by atoms with Crippen LogP contribution in [0.1, 0.15) is 43.9 Å². The number of methoxy groups -OCH3 is 1. The predicted molar refractivity (Wildman–Crippen MR) is 137 cm³/mol. The number of nitrogens with zero attached hydrogens (tertiary/aromatic N) is 3. The van der Waals surface area contributed by atoms with Crippen molar-refractivity contribution in [3.8, 4) is 17.3 Å². The topological polar surface area (TPSA) is 59.8 Å². The highest BCUT2D eigenvalue weighted by Gasteiger charge is 2.26. The Morgan fingerprint density at radius 1 is 1.14 bits per heavy atom. The molecule has 0 fully saturated rings. The Morgan fingerprint density at radius 2 is 1.86 bits per heavy atom. The fraction of sp³-hybridized carbons (Fsp3) is 0.393. The highest BCUT2D eigenvalue weighted by Crippen LogP contribution is 2.35. The number of aliphatic hydroxyl groups is 1. The molecule has 0 spiro atoms. The minimum absolute atomic E-state index is 0.105. The standard InChI is InChI=1S/C28H36FN3O3/c1-5-6-14-23(33)19-31(17-18-34-4)20-24-27(21(2)3)30-32(22-12-8-7-9-13-22)28(24)35-26-16-11-10-15-25(26)29/h5,7-13,15-16,21,23,33H,1,6,14,17-20H2,2-4H3/t23-/m0/s1. The van der Waals surface area contributed by atoms with Crippen molar-refractivity contribution in [1.82, 2.24) is 14.7 Å². The zero-order valence-corrected chi connectivity index (χ0v) is 20.9. The quantitative estimate of drug-likeness (QED) is 0.299. The van der Waals surface area contributed by atoms with Crippen LogP contribution in [0.25, 0.3) is 5.69 Å². The van der Waals surface area contributed by atoms with E-state index in [1.54, 1.807) is 30.0 Å². The van der Waals surface area contributed by atoms with Gasteiger partial charge in [-0.1, -0.05) is 50.3 Å². The molecule has 35 heavy (non-hydrogen) atoms. The molecule has 0 aliphatic heterocycles. The van der Waals surface area contributed by atoms with Gasteiger partial charge in [0.2, 0.25) is 5.88 Å². The number of hydrogen-bond donors (Lipinski definition) is 1. The second-order valence-electron chi connectivity index (χ2n) is 8.85. The van der Waals surface area contributed by atoms with Crippen molar-refractivity contribution in [2.24, 2.45) is 0 Å². The molecular weight excluding hydrogens is 445 g/mol. The molecule has 0 saturated heterocycles. The van der Waals surface area contributed by atoms with Crippen LogP contribution in [0.15, 0.2) is 67.3 Å². The van der Waals surface area contributed by atoms with Gasteiger partial charge in [-0.25, -0.2) is 9.07 Å². The molecule has 0 aliphatic carbocycles. The summed E-state index contributed by atoms with van der Waals surface area (Å²) in [6.07, 6.45) is 2.67. The lowest BCUT2D eigenvalue weighted by Gasteiger charge is -2.25. The van der Waals surface area contributed by atoms with Gasteiger partial charge in [0.15, 0.2) is 11.6 Å². The molecule has 3 aromatic rings. The maximum Gasteiger partial charge on any atom is 0.227 e. The van der Waals surface area contributed by atoms with Gasteiger partial charge in [-0.2, -0.15) is 5.10 Å². The van der Waals surface area contributed by atoms with Crippen LogP contribution < -0.4 is 4.74 Å². The fourth-order valence-corrected chi connectivity index (χ4v) is 3.92. The number of benzene rings is 2. The number of aliphatic hydroxyl groups excluding tert-OH is 1. The summed E-state index contributed by atoms with van der Waals surface area (Å²) in [6.45, 7) is 9.97. The van der Waals surface area contributed by atoms with Crippen molar-refractivity contribution < 1.29 is 19.0 Å². The van der Waals surface area contributed by atoms with Gasteiger partial charge in [0.1, 0.15) is 0 Å². The number of halogens is 1. The first-order valence-corrected chi connectivity index (χ1v) is 12.0. The molecular formula is C28H36FN3O3. The Kier molecular flexibility index (Phi) is 10.0. The van der Waals surface area contributed by atoms with Crippen LogP contribution in [0.3, 0.4) is 0 Å². The minimum atomic E-state index is -0.507. The smallest absolute Gasteiger partial charge is 0.227 e. The highest BCUT2D eigenvalue weighted by atomic mass is 19.1. The molecule has 1 atom stereocenters. The molecule has 1 heterocycles. The van der Waals surface area contributed by atoms with Crippen LogP contribution in [-0.4, -0.2) is 52.7 Å². The maximum atomic E-state index is 14.6. The molecule has 7 heteroatoms. The number of allylic oxidation sites excluding steroid dienone is 1. The first-order valence-electron chi connectivity index (χ1n) is 12.0. The lowest BCUT2D eigenvalue weighted by atomic mass is 10.0. The van der Waals surface area contributed by atoms with Gasteiger partial charge in [0, 0.05) is 26.7 Å². The Labute approximate surface area is 207 Å². The van der Waals surface area contributed by atoms with E-state index < -0.39 is 11.9 Å². The highest BCUT2D eigenvalue weighted by molar-refractivity contribution is 5.44. The van der Waals surface area contributed by atoms with Crippen molar-refractivity contribution in [3.63, 3.8) is 0 Å². The average molecular weight is 482 g/mol. The second-order valence-corrected chi connectivity index (χ2v) is 8.85. The molecule has 0 bridgehead atoms. The summed E-state index contributed by atoms with van der Waals surface area (Å²) in [7, 11) is 1.66. The van der Waals surface area contributed by atoms with Crippen LogP contribution in [0.5, 0.6) is 11.6 Å². The molecule has 3 rings (SSSR count). The molecule has 0 aliphatic rings. The first-order chi connectivity index (χ1) is 16.9. The second kappa shape index (κ2) is 13.2. The van der Waals surface area contributed by atoms with Crippen LogP contribution >= 0.6 is 0 Å². The summed E-state index contributed by atoms with van der Waals surface area (Å²) in [6, 6.07) is 16.0. The fourth-order valence-electron chi connectivity index (χ4n) is 3.92. The van der Waals surface area contributed by atoms with Crippen molar-refractivity contribution in [2.75, 3.05) is 26.8 Å². The summed E-state index contributed by atoms with van der Waals surface area (Å²) in [5.41, 5.74) is 2.55. The van der Waals surface area contributed by atoms with Gasteiger partial charge in [-0.15, -0.1) is 6.58 Å². The van der Waals surface area contributed by atoms with E-state index in [2.05, 4.69) is 25.3 Å². The predicted octanol–water partition coefficient (Wildman–Crippen LogP) is 5.70. The number of rotatable bonds is 14. The molecule has 0 amide bonds. The molecule has 0 radical (unpaired) electrons. The van der Waals surface area contributed by atoms with E-state index >= 15 is 0 Å². The van der Waals surface area contributed by atoms with Crippen molar-refractivity contribution in [2.45, 2.75) is 45.3 Å². The average Bonchev–Trinajstić information content (AvgIpc) is 3.21. The third-order valence-electron chi connectivity index (χ3n) is 5.72. The Hall–Kier alpha value is -3.00. The summed E-state index contributed by atoms with van der Waals surface area (Å²) in [5.74, 6) is 0.262. The van der Waals surface area contributed by atoms with E-state index in [0.717, 1.165) is 23.4 Å². The normalized spacial score (nSPS) is 12.3. The van der Waals surface area contributed by atoms with E-state index in [9.17, 15) is 9.50 Å². The molecule has 0 unspecified atom stereocenters. The Bertz CT molecular complexity index is 1070. The van der Waals surface area contributed by atoms with E-state index in [0.29, 0.717) is 38.5 Å². The summed E-state index contributed by atoms with van der Waals surface area (Å²) in [5, 5.41) is 15.5. The van der Waals surface area contributed by atoms with E-state index in [1.165, 1.54) is 6.07 Å².